The van der Waals surface area contributed by atoms with E-state index in [0.717, 1.165) is 12.1 Å². The highest BCUT2D eigenvalue weighted by molar-refractivity contribution is 5.86. The topological polar surface area (TPSA) is 73.4 Å². The minimum Gasteiger partial charge on any atom is -0.378 e. The molecule has 7 nitrogen and oxygen atoms in total. The number of hydrogen-bond acceptors (Lipinski definition) is 6. The minimum atomic E-state index is -4.46. The molecule has 0 amide bonds. The van der Waals surface area contributed by atoms with Gasteiger partial charge in [-0.25, -0.2) is 4.39 Å². The second-order valence-electron chi connectivity index (χ2n) is 10.3. The maximum atomic E-state index is 15.4. The molecule has 0 radical (unpaired) electrons. The summed E-state index contributed by atoms with van der Waals surface area (Å²) in [6.07, 6.45) is 0.819. The largest absolute Gasteiger partial charge is 0.416 e. The van der Waals surface area contributed by atoms with Crippen molar-refractivity contribution in [2.24, 2.45) is 0 Å². The van der Waals surface area contributed by atoms with E-state index in [0.29, 0.717) is 49.0 Å². The van der Waals surface area contributed by atoms with Gasteiger partial charge in [-0.15, -0.1) is 0 Å². The summed E-state index contributed by atoms with van der Waals surface area (Å²) in [6, 6.07) is 7.57. The van der Waals surface area contributed by atoms with Gasteiger partial charge in [0.15, 0.2) is 0 Å². The van der Waals surface area contributed by atoms with Crippen LogP contribution in [0.3, 0.4) is 0 Å². The lowest BCUT2D eigenvalue weighted by Crippen LogP contribution is -2.36. The van der Waals surface area contributed by atoms with Crippen molar-refractivity contribution < 1.29 is 26.8 Å². The highest BCUT2D eigenvalue weighted by Gasteiger charge is 2.30. The van der Waals surface area contributed by atoms with Gasteiger partial charge in [0, 0.05) is 31.2 Å². The number of anilines is 1. The van der Waals surface area contributed by atoms with Crippen LogP contribution in [0.2, 0.25) is 0 Å². The molecule has 0 spiro atoms. The molecule has 2 aromatic carbocycles. The van der Waals surface area contributed by atoms with Crippen LogP contribution in [0.25, 0.3) is 22.3 Å². The normalized spacial score (nSPS) is 14.9. The summed E-state index contributed by atoms with van der Waals surface area (Å²) in [7, 11) is 0. The Labute approximate surface area is 227 Å². The summed E-state index contributed by atoms with van der Waals surface area (Å²) in [5, 5.41) is 4.12. The molecule has 0 saturated carbocycles. The van der Waals surface area contributed by atoms with Gasteiger partial charge in [-0.05, 0) is 50.6 Å². The van der Waals surface area contributed by atoms with Crippen molar-refractivity contribution in [1.82, 2.24) is 14.7 Å². The molecule has 0 unspecified atom stereocenters. The number of alkyl halides is 3. The molecule has 0 aliphatic carbocycles. The lowest BCUT2D eigenvalue weighted by atomic mass is 9.93. The monoisotopic (exact) mass is 556 g/mol. The van der Waals surface area contributed by atoms with E-state index in [4.69, 9.17) is 9.26 Å². The van der Waals surface area contributed by atoms with Gasteiger partial charge in [0.25, 0.3) is 0 Å². The molecule has 4 aromatic rings. The van der Waals surface area contributed by atoms with Gasteiger partial charge in [-0.3, -0.25) is 4.79 Å². The van der Waals surface area contributed by atoms with E-state index in [9.17, 15) is 18.0 Å². The fraction of sp³-hybridized carbons (Fsp3) is 0.345. The second-order valence-corrected chi connectivity index (χ2v) is 10.3. The lowest BCUT2D eigenvalue weighted by Gasteiger charge is -2.29. The quantitative estimate of drug-likeness (QED) is 0.216. The second kappa shape index (κ2) is 10.5. The van der Waals surface area contributed by atoms with Crippen LogP contribution in [0.1, 0.15) is 37.8 Å². The van der Waals surface area contributed by atoms with E-state index in [1.54, 1.807) is 16.8 Å². The Hall–Kier alpha value is -3.99. The molecule has 3 heterocycles. The van der Waals surface area contributed by atoms with E-state index >= 15 is 4.39 Å². The molecule has 1 fully saturated rings. The van der Waals surface area contributed by atoms with Crippen molar-refractivity contribution in [3.63, 3.8) is 0 Å². The molecule has 0 bridgehead atoms. The summed E-state index contributed by atoms with van der Waals surface area (Å²) in [5.74, 6) is -0.228. The molecular formula is C29H28F4N4O3. The van der Waals surface area contributed by atoms with Crippen molar-refractivity contribution in [3.8, 4) is 11.4 Å². The molecule has 1 aliphatic rings. The number of pyridine rings is 1. The number of halogens is 4. The van der Waals surface area contributed by atoms with Gasteiger partial charge in [-0.2, -0.15) is 18.2 Å². The van der Waals surface area contributed by atoms with Gasteiger partial charge >= 0.3 is 6.18 Å². The van der Waals surface area contributed by atoms with Crippen LogP contribution in [-0.2, 0) is 22.9 Å². The van der Waals surface area contributed by atoms with E-state index in [2.05, 4.69) is 10.1 Å². The van der Waals surface area contributed by atoms with Gasteiger partial charge in [0.05, 0.1) is 41.0 Å². The molecule has 1 saturated heterocycles. The highest BCUT2D eigenvalue weighted by atomic mass is 19.4. The van der Waals surface area contributed by atoms with Gasteiger partial charge in [0.2, 0.25) is 17.1 Å². The van der Waals surface area contributed by atoms with Crippen molar-refractivity contribution in [2.45, 2.75) is 38.9 Å². The Morgan fingerprint density at radius 2 is 1.77 bits per heavy atom. The zero-order valence-corrected chi connectivity index (χ0v) is 22.3. The first kappa shape index (κ1) is 27.6. The number of allylic oxidation sites excluding steroid dienone is 2. The molecule has 1 aliphatic heterocycles. The fourth-order valence-corrected chi connectivity index (χ4v) is 4.81. The minimum absolute atomic E-state index is 0.0401. The van der Waals surface area contributed by atoms with Crippen molar-refractivity contribution >= 4 is 16.6 Å². The van der Waals surface area contributed by atoms with Crippen LogP contribution < -0.4 is 10.3 Å². The summed E-state index contributed by atoms with van der Waals surface area (Å²) in [4.78, 5) is 19.9. The number of aromatic nitrogens is 3. The van der Waals surface area contributed by atoms with E-state index in [1.165, 1.54) is 18.2 Å². The lowest BCUT2D eigenvalue weighted by molar-refractivity contribution is -0.137. The third kappa shape index (κ3) is 5.38. The number of nitrogens with zero attached hydrogens (tertiary/aromatic N) is 4. The highest BCUT2D eigenvalue weighted by Crippen LogP contribution is 2.31. The van der Waals surface area contributed by atoms with Gasteiger partial charge < -0.3 is 18.7 Å². The van der Waals surface area contributed by atoms with Crippen LogP contribution >= 0.6 is 0 Å². The average Bonchev–Trinajstić information content (AvgIpc) is 3.42. The Morgan fingerprint density at radius 1 is 1.07 bits per heavy atom. The SMILES string of the molecule is C/C=C/C(C)(C)c1nc(-c2cn(Cc3ccc(C(F)(F)F)cc3)c3cc(N4CCOCC4)c(F)cc3c2=O)no1. The zero-order chi connectivity index (χ0) is 28.7. The van der Waals surface area contributed by atoms with Crippen LogP contribution in [0.4, 0.5) is 23.2 Å². The molecule has 40 heavy (non-hydrogen) atoms. The van der Waals surface area contributed by atoms with Crippen LogP contribution in [-0.4, -0.2) is 41.0 Å². The number of fused-ring (bicyclic) bond motifs is 1. The summed E-state index contributed by atoms with van der Waals surface area (Å²) >= 11 is 0. The summed E-state index contributed by atoms with van der Waals surface area (Å²) in [5.41, 5.74) is -0.444. The molecule has 210 valence electrons. The molecule has 2 aromatic heterocycles. The van der Waals surface area contributed by atoms with Crippen molar-refractivity contribution in [3.05, 3.63) is 87.8 Å². The van der Waals surface area contributed by atoms with Crippen LogP contribution in [0.5, 0.6) is 0 Å². The molecule has 5 rings (SSSR count). The Bertz CT molecular complexity index is 1620. The third-order valence-electron chi connectivity index (χ3n) is 6.94. The zero-order valence-electron chi connectivity index (χ0n) is 22.3. The maximum Gasteiger partial charge on any atom is 0.416 e. The maximum absolute atomic E-state index is 15.4. The first-order valence-corrected chi connectivity index (χ1v) is 12.8. The van der Waals surface area contributed by atoms with E-state index in [1.807, 2.05) is 37.8 Å². The number of benzene rings is 2. The number of morpholine rings is 1. The van der Waals surface area contributed by atoms with Gasteiger partial charge in [0.1, 0.15) is 5.82 Å². The predicted octanol–water partition coefficient (Wildman–Crippen LogP) is 5.95. The fourth-order valence-electron chi connectivity index (χ4n) is 4.81. The number of rotatable bonds is 6. The average molecular weight is 557 g/mol. The summed E-state index contributed by atoms with van der Waals surface area (Å²) < 4.78 is 67.3. The van der Waals surface area contributed by atoms with E-state index in [-0.39, 0.29) is 23.3 Å². The smallest absolute Gasteiger partial charge is 0.378 e. The number of hydrogen-bond donors (Lipinski definition) is 0. The van der Waals surface area contributed by atoms with Crippen LogP contribution in [0, 0.1) is 5.82 Å². The predicted molar refractivity (Wildman–Crippen MR) is 143 cm³/mol. The Balaban J connectivity index is 1.66. The Kier molecular flexibility index (Phi) is 7.26. The number of ether oxygens (including phenoxy) is 1. The third-order valence-corrected chi connectivity index (χ3v) is 6.94. The van der Waals surface area contributed by atoms with Gasteiger partial charge in [-0.1, -0.05) is 29.4 Å². The van der Waals surface area contributed by atoms with E-state index < -0.39 is 28.4 Å². The summed E-state index contributed by atoms with van der Waals surface area (Å²) in [6.45, 7) is 7.60. The standard InChI is InChI=1S/C29H28F4N4O3/c1-4-9-28(2,3)27-34-26(35-40-27)21-17-37(16-18-5-7-19(8-6-18)29(31,32)33)23-15-24(36-10-12-39-13-11-36)22(30)14-20(23)25(21)38/h4-9,14-15,17H,10-13,16H2,1-3H3/b9-4+. The molecule has 11 heteroatoms. The Morgan fingerprint density at radius 3 is 2.42 bits per heavy atom. The molecule has 0 N–H and O–H groups in total. The molecule has 0 atom stereocenters. The molecular weight excluding hydrogens is 528 g/mol. The first-order valence-electron chi connectivity index (χ1n) is 12.8. The van der Waals surface area contributed by atoms with Crippen molar-refractivity contribution in [1.29, 1.82) is 0 Å². The van der Waals surface area contributed by atoms with Crippen molar-refractivity contribution in [2.75, 3.05) is 31.2 Å². The first-order chi connectivity index (χ1) is 19.0. The van der Waals surface area contributed by atoms with Crippen LogP contribution in [0.15, 0.2) is 64.1 Å².